The molecule has 0 aliphatic heterocycles. The number of hydrogen-bond donors (Lipinski definition) is 1. The van der Waals surface area contributed by atoms with Crippen LogP contribution >= 0.6 is 0 Å². The molecule has 0 aliphatic carbocycles. The van der Waals surface area contributed by atoms with Gasteiger partial charge in [0.1, 0.15) is 0 Å². The van der Waals surface area contributed by atoms with Crippen LogP contribution in [0.1, 0.15) is 21.5 Å². The lowest BCUT2D eigenvalue weighted by Crippen LogP contribution is -2.17. The van der Waals surface area contributed by atoms with Crippen molar-refractivity contribution in [2.24, 2.45) is 0 Å². The van der Waals surface area contributed by atoms with Crippen molar-refractivity contribution in [2.75, 3.05) is 5.32 Å². The van der Waals surface area contributed by atoms with Crippen molar-refractivity contribution in [3.05, 3.63) is 65.2 Å². The largest absolute Gasteiger partial charge is 0.418 e. The SMILES string of the molecule is O=C(Nc1ccccc1C(F)(F)F)c1ccc(C(F)(F)F)cc1. The summed E-state index contributed by atoms with van der Waals surface area (Å²) in [4.78, 5) is 11.9. The third-order valence-electron chi connectivity index (χ3n) is 2.96. The van der Waals surface area contributed by atoms with Crippen molar-refractivity contribution >= 4 is 11.6 Å². The van der Waals surface area contributed by atoms with Crippen LogP contribution < -0.4 is 5.32 Å². The molecule has 1 N–H and O–H groups in total. The van der Waals surface area contributed by atoms with E-state index < -0.39 is 35.1 Å². The fourth-order valence-electron chi connectivity index (χ4n) is 1.84. The van der Waals surface area contributed by atoms with Crippen molar-refractivity contribution in [3.8, 4) is 0 Å². The van der Waals surface area contributed by atoms with E-state index in [1.807, 2.05) is 0 Å². The van der Waals surface area contributed by atoms with Gasteiger partial charge in [-0.05, 0) is 36.4 Å². The van der Waals surface area contributed by atoms with E-state index in [0.29, 0.717) is 12.1 Å². The number of anilines is 1. The summed E-state index contributed by atoms with van der Waals surface area (Å²) in [6, 6.07) is 7.49. The Morgan fingerprint density at radius 1 is 0.783 bits per heavy atom. The number of alkyl halides is 6. The number of nitrogens with one attached hydrogen (secondary N) is 1. The molecule has 0 spiro atoms. The molecular weight excluding hydrogens is 324 g/mol. The van der Waals surface area contributed by atoms with Gasteiger partial charge in [-0.2, -0.15) is 26.3 Å². The maximum Gasteiger partial charge on any atom is 0.418 e. The van der Waals surface area contributed by atoms with Gasteiger partial charge in [0, 0.05) is 5.56 Å². The van der Waals surface area contributed by atoms with E-state index in [1.54, 1.807) is 0 Å². The Hall–Kier alpha value is -2.51. The van der Waals surface area contributed by atoms with Crippen molar-refractivity contribution in [2.45, 2.75) is 12.4 Å². The highest BCUT2D eigenvalue weighted by atomic mass is 19.4. The maximum absolute atomic E-state index is 12.8. The molecule has 0 unspecified atom stereocenters. The summed E-state index contributed by atoms with van der Waals surface area (Å²) >= 11 is 0. The number of carbonyl (C=O) groups is 1. The second kappa shape index (κ2) is 5.94. The summed E-state index contributed by atoms with van der Waals surface area (Å²) in [6.07, 6.45) is -9.22. The molecule has 0 radical (unpaired) electrons. The Morgan fingerprint density at radius 2 is 1.35 bits per heavy atom. The lowest BCUT2D eigenvalue weighted by molar-refractivity contribution is -0.138. The van der Waals surface area contributed by atoms with Crippen LogP contribution in [-0.4, -0.2) is 5.91 Å². The highest BCUT2D eigenvalue weighted by Gasteiger charge is 2.34. The third-order valence-corrected chi connectivity index (χ3v) is 2.96. The van der Waals surface area contributed by atoms with Gasteiger partial charge in [0.05, 0.1) is 16.8 Å². The minimum absolute atomic E-state index is 0.185. The van der Waals surface area contributed by atoms with E-state index in [0.717, 1.165) is 30.3 Å². The summed E-state index contributed by atoms with van der Waals surface area (Å²) in [5.74, 6) is -0.935. The normalized spacial score (nSPS) is 12.1. The van der Waals surface area contributed by atoms with Crippen LogP contribution in [0.5, 0.6) is 0 Å². The van der Waals surface area contributed by atoms with E-state index in [9.17, 15) is 31.1 Å². The van der Waals surface area contributed by atoms with E-state index in [1.165, 1.54) is 6.07 Å². The van der Waals surface area contributed by atoms with Crippen molar-refractivity contribution in [1.29, 1.82) is 0 Å². The van der Waals surface area contributed by atoms with Crippen LogP contribution in [0.25, 0.3) is 0 Å². The summed E-state index contributed by atoms with van der Waals surface area (Å²) in [5, 5.41) is 2.05. The lowest BCUT2D eigenvalue weighted by atomic mass is 10.1. The van der Waals surface area contributed by atoms with Crippen molar-refractivity contribution in [1.82, 2.24) is 0 Å². The van der Waals surface area contributed by atoms with Gasteiger partial charge in [-0.15, -0.1) is 0 Å². The zero-order chi connectivity index (χ0) is 17.3. The predicted octanol–water partition coefficient (Wildman–Crippen LogP) is 4.98. The lowest BCUT2D eigenvalue weighted by Gasteiger charge is -2.13. The van der Waals surface area contributed by atoms with Gasteiger partial charge >= 0.3 is 12.4 Å². The van der Waals surface area contributed by atoms with Gasteiger partial charge in [-0.25, -0.2) is 0 Å². The molecule has 0 fully saturated rings. The standard InChI is InChI=1S/C15H9F6NO/c16-14(17,18)10-7-5-9(6-8-10)13(23)22-12-4-2-1-3-11(12)15(19,20)21/h1-8H,(H,22,23). The zero-order valence-corrected chi connectivity index (χ0v) is 11.3. The molecule has 2 rings (SSSR count). The van der Waals surface area contributed by atoms with Gasteiger partial charge in [-0.1, -0.05) is 12.1 Å². The molecule has 2 aromatic carbocycles. The predicted molar refractivity (Wildman–Crippen MR) is 70.8 cm³/mol. The number of carbonyl (C=O) groups excluding carboxylic acids is 1. The molecule has 0 atom stereocenters. The fourth-order valence-corrected chi connectivity index (χ4v) is 1.84. The minimum atomic E-state index is -4.66. The monoisotopic (exact) mass is 333 g/mol. The molecule has 0 aliphatic rings. The zero-order valence-electron chi connectivity index (χ0n) is 11.3. The Balaban J connectivity index is 2.24. The maximum atomic E-state index is 12.8. The van der Waals surface area contributed by atoms with Gasteiger partial charge in [0.2, 0.25) is 0 Å². The Kier molecular flexibility index (Phi) is 4.35. The number of para-hydroxylation sites is 1. The quantitative estimate of drug-likeness (QED) is 0.772. The average Bonchev–Trinajstić information content (AvgIpc) is 2.46. The molecule has 2 aromatic rings. The number of rotatable bonds is 2. The van der Waals surface area contributed by atoms with E-state index in [4.69, 9.17) is 0 Å². The molecule has 122 valence electrons. The van der Waals surface area contributed by atoms with Gasteiger partial charge < -0.3 is 5.32 Å². The number of amides is 1. The van der Waals surface area contributed by atoms with Crippen molar-refractivity contribution in [3.63, 3.8) is 0 Å². The van der Waals surface area contributed by atoms with Crippen LogP contribution in [0.4, 0.5) is 32.0 Å². The summed E-state index contributed by atoms with van der Waals surface area (Å²) < 4.78 is 75.7. The fraction of sp³-hybridized carbons (Fsp3) is 0.133. The van der Waals surface area contributed by atoms with E-state index in [-0.39, 0.29) is 5.56 Å². The summed E-state index contributed by atoms with van der Waals surface area (Å²) in [5.41, 5.74) is -2.65. The smallest absolute Gasteiger partial charge is 0.321 e. The van der Waals surface area contributed by atoms with Crippen LogP contribution in [0.15, 0.2) is 48.5 Å². The van der Waals surface area contributed by atoms with Crippen LogP contribution in [0.3, 0.4) is 0 Å². The Bertz CT molecular complexity index is 703. The van der Waals surface area contributed by atoms with E-state index in [2.05, 4.69) is 5.32 Å². The molecule has 23 heavy (non-hydrogen) atoms. The highest BCUT2D eigenvalue weighted by Crippen LogP contribution is 2.35. The van der Waals surface area contributed by atoms with Crippen LogP contribution in [-0.2, 0) is 12.4 Å². The van der Waals surface area contributed by atoms with Crippen LogP contribution in [0.2, 0.25) is 0 Å². The van der Waals surface area contributed by atoms with Crippen molar-refractivity contribution < 1.29 is 31.1 Å². The second-order valence-electron chi connectivity index (χ2n) is 4.57. The highest BCUT2D eigenvalue weighted by molar-refractivity contribution is 6.04. The second-order valence-corrected chi connectivity index (χ2v) is 4.57. The topological polar surface area (TPSA) is 29.1 Å². The molecule has 0 bridgehead atoms. The molecule has 0 aromatic heterocycles. The minimum Gasteiger partial charge on any atom is -0.321 e. The van der Waals surface area contributed by atoms with Gasteiger partial charge in [0.25, 0.3) is 5.91 Å². The molecule has 0 saturated carbocycles. The third kappa shape index (κ3) is 4.02. The molecule has 0 heterocycles. The molecular formula is C15H9F6NO. The van der Waals surface area contributed by atoms with Gasteiger partial charge in [-0.3, -0.25) is 4.79 Å². The van der Waals surface area contributed by atoms with Gasteiger partial charge in [0.15, 0.2) is 0 Å². The average molecular weight is 333 g/mol. The first kappa shape index (κ1) is 16.9. The first-order valence-corrected chi connectivity index (χ1v) is 6.24. The molecule has 0 saturated heterocycles. The number of halogens is 6. The number of benzene rings is 2. The summed E-state index contributed by atoms with van der Waals surface area (Å²) in [6.45, 7) is 0. The first-order valence-electron chi connectivity index (χ1n) is 6.24. The number of hydrogen-bond acceptors (Lipinski definition) is 1. The first-order chi connectivity index (χ1) is 10.6. The Morgan fingerprint density at radius 3 is 1.87 bits per heavy atom. The Labute approximate surface area is 126 Å². The summed E-state index contributed by atoms with van der Waals surface area (Å²) in [7, 11) is 0. The van der Waals surface area contributed by atoms with Crippen LogP contribution in [0, 0.1) is 0 Å². The molecule has 2 nitrogen and oxygen atoms in total. The molecule has 8 heteroatoms. The van der Waals surface area contributed by atoms with E-state index >= 15 is 0 Å². The molecule has 1 amide bonds.